The quantitative estimate of drug-likeness (QED) is 0.661. The highest BCUT2D eigenvalue weighted by Crippen LogP contribution is 2.23. The summed E-state index contributed by atoms with van der Waals surface area (Å²) in [5.41, 5.74) is 0.428. The van der Waals surface area contributed by atoms with E-state index in [1.807, 2.05) is 0 Å². The molecule has 1 aromatic heterocycles. The fourth-order valence-electron chi connectivity index (χ4n) is 2.18. The summed E-state index contributed by atoms with van der Waals surface area (Å²) in [6, 6.07) is 8.72. The number of rotatable bonds is 4. The van der Waals surface area contributed by atoms with Gasteiger partial charge in [-0.05, 0) is 36.4 Å². The Morgan fingerprint density at radius 2 is 1.65 bits per heavy atom. The second kappa shape index (κ2) is 7.45. The first-order valence-corrected chi connectivity index (χ1v) is 7.74. The van der Waals surface area contributed by atoms with Crippen LogP contribution in [0, 0.1) is 17.5 Å². The van der Waals surface area contributed by atoms with Crippen LogP contribution in [0.5, 0.6) is 0 Å². The Hall–Kier alpha value is -3.06. The van der Waals surface area contributed by atoms with Gasteiger partial charge in [0.25, 0.3) is 5.91 Å². The Balaban J connectivity index is 1.80. The lowest BCUT2D eigenvalue weighted by atomic mass is 10.2. The molecule has 0 aliphatic heterocycles. The van der Waals surface area contributed by atoms with Crippen LogP contribution >= 0.6 is 11.6 Å². The van der Waals surface area contributed by atoms with Gasteiger partial charge in [-0.3, -0.25) is 9.78 Å². The van der Waals surface area contributed by atoms with Gasteiger partial charge >= 0.3 is 0 Å². The molecule has 0 bridgehead atoms. The van der Waals surface area contributed by atoms with E-state index in [9.17, 15) is 18.0 Å². The molecule has 0 spiro atoms. The number of anilines is 3. The molecule has 0 unspecified atom stereocenters. The maximum atomic E-state index is 13.6. The van der Waals surface area contributed by atoms with E-state index in [0.717, 1.165) is 12.1 Å². The molecule has 0 saturated heterocycles. The van der Waals surface area contributed by atoms with E-state index in [4.69, 9.17) is 11.6 Å². The third kappa shape index (κ3) is 3.94. The van der Waals surface area contributed by atoms with Crippen LogP contribution in [0.2, 0.25) is 5.02 Å². The molecule has 0 aliphatic carbocycles. The molecular weight excluding hydrogens is 367 g/mol. The fourth-order valence-corrected chi connectivity index (χ4v) is 2.36. The Bertz CT molecular complexity index is 961. The van der Waals surface area contributed by atoms with Gasteiger partial charge in [0.2, 0.25) is 0 Å². The highest BCUT2D eigenvalue weighted by atomic mass is 35.5. The minimum Gasteiger partial charge on any atom is -0.354 e. The first-order valence-electron chi connectivity index (χ1n) is 7.36. The molecule has 26 heavy (non-hydrogen) atoms. The molecule has 132 valence electrons. The second-order valence-electron chi connectivity index (χ2n) is 5.27. The van der Waals surface area contributed by atoms with E-state index in [1.165, 1.54) is 42.7 Å². The first-order chi connectivity index (χ1) is 12.4. The van der Waals surface area contributed by atoms with Crippen molar-refractivity contribution in [2.75, 3.05) is 10.6 Å². The van der Waals surface area contributed by atoms with Crippen molar-refractivity contribution in [3.8, 4) is 0 Å². The highest BCUT2D eigenvalue weighted by Gasteiger charge is 2.14. The third-order valence-corrected chi connectivity index (χ3v) is 3.70. The lowest BCUT2D eigenvalue weighted by Gasteiger charge is -2.10. The van der Waals surface area contributed by atoms with E-state index in [0.29, 0.717) is 11.4 Å². The molecule has 3 rings (SSSR count). The van der Waals surface area contributed by atoms with Crippen molar-refractivity contribution in [2.24, 2.45) is 0 Å². The zero-order valence-electron chi connectivity index (χ0n) is 13.1. The van der Waals surface area contributed by atoms with Gasteiger partial charge in [-0.25, -0.2) is 13.2 Å². The summed E-state index contributed by atoms with van der Waals surface area (Å²) >= 11 is 5.72. The van der Waals surface area contributed by atoms with Crippen LogP contribution in [0.25, 0.3) is 0 Å². The topological polar surface area (TPSA) is 54.0 Å². The Labute approximate surface area is 151 Å². The summed E-state index contributed by atoms with van der Waals surface area (Å²) in [4.78, 5) is 16.1. The molecule has 2 aromatic carbocycles. The maximum Gasteiger partial charge on any atom is 0.257 e. The molecule has 0 fully saturated rings. The number of hydrogen-bond donors (Lipinski definition) is 2. The maximum absolute atomic E-state index is 13.6. The van der Waals surface area contributed by atoms with Crippen LogP contribution in [-0.2, 0) is 0 Å². The molecule has 8 heteroatoms. The van der Waals surface area contributed by atoms with Gasteiger partial charge in [-0.15, -0.1) is 0 Å². The van der Waals surface area contributed by atoms with Gasteiger partial charge in [-0.1, -0.05) is 17.7 Å². The molecule has 1 heterocycles. The second-order valence-corrected chi connectivity index (χ2v) is 5.67. The lowest BCUT2D eigenvalue weighted by molar-refractivity contribution is 0.102. The van der Waals surface area contributed by atoms with Gasteiger partial charge in [-0.2, -0.15) is 0 Å². The predicted molar refractivity (Wildman–Crippen MR) is 93.2 cm³/mol. The highest BCUT2D eigenvalue weighted by molar-refractivity contribution is 6.31. The van der Waals surface area contributed by atoms with Crippen LogP contribution < -0.4 is 10.6 Å². The van der Waals surface area contributed by atoms with E-state index in [2.05, 4.69) is 15.6 Å². The number of benzene rings is 2. The third-order valence-electron chi connectivity index (χ3n) is 3.41. The SMILES string of the molecule is O=C(Nc1c(F)cccc1F)c1cncc(Nc2ccc(F)c(Cl)c2)c1. The van der Waals surface area contributed by atoms with E-state index in [1.54, 1.807) is 0 Å². The standard InChI is InChI=1S/C18H11ClF3N3O/c19-13-7-11(4-5-14(13)20)24-12-6-10(8-23-9-12)18(26)25-17-15(21)2-1-3-16(17)22/h1-9,24H,(H,25,26). The monoisotopic (exact) mass is 377 g/mol. The molecule has 0 saturated carbocycles. The summed E-state index contributed by atoms with van der Waals surface area (Å²) in [5, 5.41) is 5.02. The number of amides is 1. The molecular formula is C18H11ClF3N3O. The van der Waals surface area contributed by atoms with Gasteiger partial charge < -0.3 is 10.6 Å². The molecule has 0 aliphatic rings. The van der Waals surface area contributed by atoms with Gasteiger partial charge in [0.1, 0.15) is 23.1 Å². The van der Waals surface area contributed by atoms with Gasteiger partial charge in [0.15, 0.2) is 0 Å². The minimum absolute atomic E-state index is 0.0631. The number of para-hydroxylation sites is 1. The lowest BCUT2D eigenvalue weighted by Crippen LogP contribution is -2.14. The number of aromatic nitrogens is 1. The fraction of sp³-hybridized carbons (Fsp3) is 0. The number of halogens is 4. The average molecular weight is 378 g/mol. The summed E-state index contributed by atoms with van der Waals surface area (Å²) in [6.45, 7) is 0. The zero-order chi connectivity index (χ0) is 18.7. The van der Waals surface area contributed by atoms with Crippen LogP contribution in [0.1, 0.15) is 10.4 Å². The molecule has 2 N–H and O–H groups in total. The summed E-state index contributed by atoms with van der Waals surface area (Å²) in [7, 11) is 0. The zero-order valence-corrected chi connectivity index (χ0v) is 13.8. The summed E-state index contributed by atoms with van der Waals surface area (Å²) in [6.07, 6.45) is 2.68. The van der Waals surface area contributed by atoms with Crippen molar-refractivity contribution in [1.29, 1.82) is 0 Å². The Kier molecular flexibility index (Phi) is 5.09. The molecule has 4 nitrogen and oxygen atoms in total. The van der Waals surface area contributed by atoms with E-state index >= 15 is 0 Å². The number of hydrogen-bond acceptors (Lipinski definition) is 3. The van der Waals surface area contributed by atoms with Gasteiger partial charge in [0.05, 0.1) is 22.5 Å². The van der Waals surface area contributed by atoms with Crippen molar-refractivity contribution in [3.63, 3.8) is 0 Å². The minimum atomic E-state index is -0.887. The normalized spacial score (nSPS) is 10.5. The van der Waals surface area contributed by atoms with Crippen LogP contribution in [-0.4, -0.2) is 10.9 Å². The van der Waals surface area contributed by atoms with E-state index in [-0.39, 0.29) is 10.6 Å². The number of pyridine rings is 1. The molecule has 1 amide bonds. The largest absolute Gasteiger partial charge is 0.354 e. The Morgan fingerprint density at radius 1 is 0.923 bits per heavy atom. The van der Waals surface area contributed by atoms with E-state index < -0.39 is 29.0 Å². The number of nitrogens with one attached hydrogen (secondary N) is 2. The van der Waals surface area contributed by atoms with Crippen LogP contribution in [0.4, 0.5) is 30.2 Å². The van der Waals surface area contributed by atoms with Crippen molar-refractivity contribution in [1.82, 2.24) is 4.98 Å². The number of nitrogens with zero attached hydrogens (tertiary/aromatic N) is 1. The van der Waals surface area contributed by atoms with Gasteiger partial charge in [0, 0.05) is 11.9 Å². The van der Waals surface area contributed by atoms with Crippen molar-refractivity contribution in [3.05, 3.63) is 82.9 Å². The predicted octanol–water partition coefficient (Wildman–Crippen LogP) is 5.15. The first kappa shape index (κ1) is 17.8. The smallest absolute Gasteiger partial charge is 0.257 e. The molecule has 0 atom stereocenters. The molecule has 0 radical (unpaired) electrons. The Morgan fingerprint density at radius 3 is 2.35 bits per heavy atom. The molecule has 3 aromatic rings. The summed E-state index contributed by atoms with van der Waals surface area (Å²) < 4.78 is 40.5. The van der Waals surface area contributed by atoms with Crippen LogP contribution in [0.15, 0.2) is 54.9 Å². The van der Waals surface area contributed by atoms with Crippen molar-refractivity contribution in [2.45, 2.75) is 0 Å². The van der Waals surface area contributed by atoms with Crippen LogP contribution in [0.3, 0.4) is 0 Å². The van der Waals surface area contributed by atoms with Crippen molar-refractivity contribution >= 4 is 34.6 Å². The average Bonchev–Trinajstić information content (AvgIpc) is 2.61. The van der Waals surface area contributed by atoms with Crippen molar-refractivity contribution < 1.29 is 18.0 Å². The number of carbonyl (C=O) groups excluding carboxylic acids is 1. The number of carbonyl (C=O) groups is 1. The summed E-state index contributed by atoms with van der Waals surface area (Å²) in [5.74, 6) is -3.07.